The molecule has 1 N–H and O–H groups in total. The van der Waals surface area contributed by atoms with Crippen molar-refractivity contribution in [3.05, 3.63) is 36.0 Å². The van der Waals surface area contributed by atoms with Gasteiger partial charge in [-0.25, -0.2) is 0 Å². The zero-order valence-corrected chi connectivity index (χ0v) is 14.0. The van der Waals surface area contributed by atoms with Gasteiger partial charge in [0.1, 0.15) is 0 Å². The fourth-order valence-electron chi connectivity index (χ4n) is 2.82. The maximum absolute atomic E-state index is 11.5. The fourth-order valence-corrected chi connectivity index (χ4v) is 3.22. The number of carbonyl (C=O) groups is 1. The third-order valence-corrected chi connectivity index (χ3v) is 4.49. The molecule has 1 atom stereocenters. The Morgan fingerprint density at radius 2 is 2.05 bits per heavy atom. The summed E-state index contributed by atoms with van der Waals surface area (Å²) in [6.07, 6.45) is 6.14. The molecule has 21 heavy (non-hydrogen) atoms. The van der Waals surface area contributed by atoms with Crippen molar-refractivity contribution < 1.29 is 9.90 Å². The number of alkyl halides is 1. The molecule has 114 valence electrons. The molecule has 1 unspecified atom stereocenters. The standard InChI is InChI=1S/C17H22BrNO2/c1-2-13(17(20)21)15-12-19(11-7-3-6-10-18)16-9-5-4-8-14(15)16/h4-5,8-9,12-13H,2-3,6-7,10-11H2,1H3,(H,20,21). The van der Waals surface area contributed by atoms with Crippen LogP contribution in [0.3, 0.4) is 0 Å². The van der Waals surface area contributed by atoms with Crippen LogP contribution < -0.4 is 0 Å². The van der Waals surface area contributed by atoms with Crippen LogP contribution in [0.4, 0.5) is 0 Å². The van der Waals surface area contributed by atoms with Crippen LogP contribution in [-0.4, -0.2) is 21.0 Å². The number of unbranched alkanes of at least 4 members (excludes halogenated alkanes) is 2. The van der Waals surface area contributed by atoms with E-state index in [2.05, 4.69) is 26.6 Å². The van der Waals surface area contributed by atoms with E-state index in [4.69, 9.17) is 0 Å². The number of carboxylic acid groups (broad SMARTS) is 1. The first-order chi connectivity index (χ1) is 10.2. The number of hydrogen-bond acceptors (Lipinski definition) is 1. The number of benzene rings is 1. The van der Waals surface area contributed by atoms with Gasteiger partial charge in [0.15, 0.2) is 0 Å². The van der Waals surface area contributed by atoms with Gasteiger partial charge in [-0.05, 0) is 30.9 Å². The van der Waals surface area contributed by atoms with Crippen molar-refractivity contribution in [2.45, 2.75) is 45.1 Å². The van der Waals surface area contributed by atoms with Gasteiger partial charge in [0.2, 0.25) is 0 Å². The molecule has 3 nitrogen and oxygen atoms in total. The molecule has 0 aliphatic carbocycles. The molecule has 0 bridgehead atoms. The minimum absolute atomic E-state index is 0.418. The summed E-state index contributed by atoms with van der Waals surface area (Å²) in [6.45, 7) is 2.88. The number of carboxylic acids is 1. The highest BCUT2D eigenvalue weighted by Gasteiger charge is 2.22. The number of fused-ring (bicyclic) bond motifs is 1. The number of para-hydroxylation sites is 1. The van der Waals surface area contributed by atoms with Gasteiger partial charge in [-0.3, -0.25) is 4.79 Å². The van der Waals surface area contributed by atoms with Gasteiger partial charge >= 0.3 is 5.97 Å². The number of aliphatic carboxylic acids is 1. The molecule has 0 spiro atoms. The maximum Gasteiger partial charge on any atom is 0.311 e. The van der Waals surface area contributed by atoms with Crippen molar-refractivity contribution in [1.29, 1.82) is 0 Å². The van der Waals surface area contributed by atoms with E-state index < -0.39 is 11.9 Å². The Hall–Kier alpha value is -1.29. The van der Waals surface area contributed by atoms with Gasteiger partial charge in [0.25, 0.3) is 0 Å². The summed E-state index contributed by atoms with van der Waals surface area (Å²) in [7, 11) is 0. The second-order valence-electron chi connectivity index (χ2n) is 5.34. The molecule has 0 amide bonds. The summed E-state index contributed by atoms with van der Waals surface area (Å²) in [5.74, 6) is -1.15. The third kappa shape index (κ3) is 3.67. The average molecular weight is 352 g/mol. The third-order valence-electron chi connectivity index (χ3n) is 3.93. The molecule has 1 aromatic heterocycles. The number of aryl methyl sites for hydroxylation is 1. The van der Waals surface area contributed by atoms with Crippen molar-refractivity contribution in [3.63, 3.8) is 0 Å². The molecule has 4 heteroatoms. The lowest BCUT2D eigenvalue weighted by Gasteiger charge is -2.08. The summed E-state index contributed by atoms with van der Waals surface area (Å²) in [4.78, 5) is 11.5. The zero-order chi connectivity index (χ0) is 15.2. The lowest BCUT2D eigenvalue weighted by molar-refractivity contribution is -0.138. The van der Waals surface area contributed by atoms with Crippen LogP contribution in [0, 0.1) is 0 Å². The highest BCUT2D eigenvalue weighted by atomic mass is 79.9. The number of nitrogens with zero attached hydrogens (tertiary/aromatic N) is 1. The first kappa shape index (κ1) is 16.1. The molecule has 0 saturated heterocycles. The Kier molecular flexibility index (Phi) is 5.85. The van der Waals surface area contributed by atoms with Crippen LogP contribution in [0.25, 0.3) is 10.9 Å². The van der Waals surface area contributed by atoms with Gasteiger partial charge in [0, 0.05) is 29.0 Å². The lowest BCUT2D eigenvalue weighted by atomic mass is 9.96. The van der Waals surface area contributed by atoms with E-state index in [9.17, 15) is 9.90 Å². The van der Waals surface area contributed by atoms with Crippen molar-refractivity contribution in [2.75, 3.05) is 5.33 Å². The Labute approximate surface area is 134 Å². The first-order valence-electron chi connectivity index (χ1n) is 7.55. The van der Waals surface area contributed by atoms with Gasteiger partial charge in [0.05, 0.1) is 5.92 Å². The number of rotatable bonds is 8. The topological polar surface area (TPSA) is 42.2 Å². The van der Waals surface area contributed by atoms with Crippen LogP contribution in [0.5, 0.6) is 0 Å². The molecular weight excluding hydrogens is 330 g/mol. The van der Waals surface area contributed by atoms with Crippen molar-refractivity contribution >= 4 is 32.8 Å². The Morgan fingerprint density at radius 3 is 2.71 bits per heavy atom. The summed E-state index contributed by atoms with van der Waals surface area (Å²) < 4.78 is 2.21. The highest BCUT2D eigenvalue weighted by Crippen LogP contribution is 2.30. The maximum atomic E-state index is 11.5. The minimum Gasteiger partial charge on any atom is -0.481 e. The van der Waals surface area contributed by atoms with Crippen LogP contribution in [0.15, 0.2) is 30.5 Å². The van der Waals surface area contributed by atoms with E-state index in [0.717, 1.165) is 34.8 Å². The molecule has 0 aliphatic heterocycles. The molecule has 0 aliphatic rings. The number of aromatic nitrogens is 1. The Bertz CT molecular complexity index is 606. The fraction of sp³-hybridized carbons (Fsp3) is 0.471. The predicted molar refractivity (Wildman–Crippen MR) is 90.3 cm³/mol. The van der Waals surface area contributed by atoms with Gasteiger partial charge in [-0.1, -0.05) is 47.5 Å². The molecule has 0 saturated carbocycles. The average Bonchev–Trinajstić information content (AvgIpc) is 2.83. The van der Waals surface area contributed by atoms with Crippen LogP contribution in [0.1, 0.15) is 44.1 Å². The summed E-state index contributed by atoms with van der Waals surface area (Å²) in [5.41, 5.74) is 2.09. The summed E-state index contributed by atoms with van der Waals surface area (Å²) in [5, 5.41) is 11.5. The number of halogens is 1. The Balaban J connectivity index is 2.32. The second-order valence-corrected chi connectivity index (χ2v) is 6.14. The first-order valence-corrected chi connectivity index (χ1v) is 8.67. The molecule has 0 fully saturated rings. The molecule has 1 heterocycles. The SMILES string of the molecule is CCC(C(=O)O)c1cn(CCCCCBr)c2ccccc12. The summed E-state index contributed by atoms with van der Waals surface area (Å²) in [6, 6.07) is 8.11. The van der Waals surface area contributed by atoms with E-state index in [1.807, 2.05) is 31.3 Å². The number of hydrogen-bond donors (Lipinski definition) is 1. The van der Waals surface area contributed by atoms with Crippen LogP contribution >= 0.6 is 15.9 Å². The van der Waals surface area contributed by atoms with Crippen LogP contribution in [-0.2, 0) is 11.3 Å². The van der Waals surface area contributed by atoms with E-state index in [1.54, 1.807) is 0 Å². The minimum atomic E-state index is -0.736. The van der Waals surface area contributed by atoms with Crippen molar-refractivity contribution in [1.82, 2.24) is 4.57 Å². The van der Waals surface area contributed by atoms with Crippen molar-refractivity contribution in [2.24, 2.45) is 0 Å². The lowest BCUT2D eigenvalue weighted by Crippen LogP contribution is -2.10. The molecule has 1 aromatic carbocycles. The monoisotopic (exact) mass is 351 g/mol. The van der Waals surface area contributed by atoms with Crippen LogP contribution in [0.2, 0.25) is 0 Å². The molecule has 0 radical (unpaired) electrons. The van der Waals surface area contributed by atoms with Gasteiger partial charge in [-0.2, -0.15) is 0 Å². The molecule has 2 rings (SSSR count). The van der Waals surface area contributed by atoms with Gasteiger partial charge in [-0.15, -0.1) is 0 Å². The van der Waals surface area contributed by atoms with Gasteiger partial charge < -0.3 is 9.67 Å². The highest BCUT2D eigenvalue weighted by molar-refractivity contribution is 9.09. The van der Waals surface area contributed by atoms with E-state index in [1.165, 1.54) is 12.8 Å². The van der Waals surface area contributed by atoms with E-state index in [0.29, 0.717) is 6.42 Å². The largest absolute Gasteiger partial charge is 0.481 e. The van der Waals surface area contributed by atoms with Crippen molar-refractivity contribution in [3.8, 4) is 0 Å². The Morgan fingerprint density at radius 1 is 1.29 bits per heavy atom. The molecular formula is C17H22BrNO2. The quantitative estimate of drug-likeness (QED) is 0.549. The van der Waals surface area contributed by atoms with E-state index in [-0.39, 0.29) is 0 Å². The smallest absolute Gasteiger partial charge is 0.311 e. The predicted octanol–water partition coefficient (Wildman–Crippen LogP) is 4.78. The zero-order valence-electron chi connectivity index (χ0n) is 12.4. The summed E-state index contributed by atoms with van der Waals surface area (Å²) >= 11 is 3.45. The van der Waals surface area contributed by atoms with E-state index >= 15 is 0 Å². The molecule has 2 aromatic rings. The normalized spacial score (nSPS) is 12.7. The second kappa shape index (κ2) is 7.64.